The minimum absolute atomic E-state index is 0. The van der Waals surface area contributed by atoms with E-state index in [1.54, 1.807) is 0 Å². The van der Waals surface area contributed by atoms with Crippen molar-refractivity contribution in [3.8, 4) is 0 Å². The zero-order chi connectivity index (χ0) is 14.3. The minimum atomic E-state index is 0. The predicted octanol–water partition coefficient (Wildman–Crippen LogP) is 5.35. The van der Waals surface area contributed by atoms with Crippen molar-refractivity contribution in [1.82, 2.24) is 9.97 Å². The lowest BCUT2D eigenvalue weighted by Crippen LogP contribution is -1.90. The third-order valence-electron chi connectivity index (χ3n) is 2.81. The Balaban J connectivity index is 0.000000345. The van der Waals surface area contributed by atoms with Gasteiger partial charge in [0.05, 0.1) is 0 Å². The van der Waals surface area contributed by atoms with Crippen LogP contribution in [0.4, 0.5) is 0 Å². The molecule has 2 aromatic heterocycles. The summed E-state index contributed by atoms with van der Waals surface area (Å²) in [5.41, 5.74) is 3.56. The average molecular weight is 272 g/mol. The summed E-state index contributed by atoms with van der Waals surface area (Å²) < 4.78 is 0. The molecule has 0 spiro atoms. The molecule has 2 heteroatoms. The van der Waals surface area contributed by atoms with Gasteiger partial charge in [-0.2, -0.15) is 0 Å². The highest BCUT2D eigenvalue weighted by Crippen LogP contribution is 2.10. The summed E-state index contributed by atoms with van der Waals surface area (Å²) in [6, 6.07) is 10.2. The molecule has 0 aliphatic carbocycles. The van der Waals surface area contributed by atoms with Crippen LogP contribution in [0.15, 0.2) is 42.7 Å². The third kappa shape index (κ3) is 6.46. The first-order valence-corrected chi connectivity index (χ1v) is 6.84. The second-order valence-electron chi connectivity index (χ2n) is 5.32. The molecular weight excluding hydrogens is 244 g/mol. The van der Waals surface area contributed by atoms with Gasteiger partial charge in [-0.05, 0) is 42.5 Å². The zero-order valence-corrected chi connectivity index (χ0v) is 12.6. The van der Waals surface area contributed by atoms with E-state index in [1.807, 2.05) is 30.6 Å². The SMILES string of the molecule is C.CC(C)c1ccccn1.Cc1ccc(C(C)C)nc1. The molecular formula is C18H28N2. The van der Waals surface area contributed by atoms with Gasteiger partial charge in [-0.15, -0.1) is 0 Å². The maximum Gasteiger partial charge on any atom is 0.0429 e. The molecule has 0 bridgehead atoms. The second kappa shape index (κ2) is 9.24. The number of aryl methyl sites for hydroxylation is 1. The maximum atomic E-state index is 4.28. The van der Waals surface area contributed by atoms with Gasteiger partial charge in [-0.1, -0.05) is 47.3 Å². The molecule has 0 saturated carbocycles. The summed E-state index contributed by atoms with van der Waals surface area (Å²) in [5, 5.41) is 0. The molecule has 2 heterocycles. The fourth-order valence-electron chi connectivity index (χ4n) is 1.54. The smallest absolute Gasteiger partial charge is 0.0429 e. The Labute approximate surface area is 124 Å². The van der Waals surface area contributed by atoms with E-state index in [0.717, 1.165) is 5.69 Å². The molecule has 2 rings (SSSR count). The molecule has 2 aromatic rings. The average Bonchev–Trinajstić information content (AvgIpc) is 2.41. The largest absolute Gasteiger partial charge is 0.261 e. The molecule has 0 fully saturated rings. The molecule has 110 valence electrons. The monoisotopic (exact) mass is 272 g/mol. The van der Waals surface area contributed by atoms with Crippen LogP contribution in [0.5, 0.6) is 0 Å². The van der Waals surface area contributed by atoms with Crippen LogP contribution in [-0.4, -0.2) is 9.97 Å². The number of aromatic nitrogens is 2. The molecule has 2 nitrogen and oxygen atoms in total. The topological polar surface area (TPSA) is 25.8 Å². The molecule has 0 aliphatic heterocycles. The fraction of sp³-hybridized carbons (Fsp3) is 0.444. The Morgan fingerprint density at radius 2 is 1.40 bits per heavy atom. The number of hydrogen-bond donors (Lipinski definition) is 0. The summed E-state index contributed by atoms with van der Waals surface area (Å²) in [4.78, 5) is 8.46. The van der Waals surface area contributed by atoms with Crippen molar-refractivity contribution in [1.29, 1.82) is 0 Å². The first kappa shape index (κ1) is 18.3. The maximum absolute atomic E-state index is 4.28. The minimum Gasteiger partial charge on any atom is -0.261 e. The standard InChI is InChI=1S/C9H13N.C8H11N.CH4/c1-7(2)9-5-4-8(3)6-10-9;1-7(2)8-5-3-4-6-9-8;/h4-7H,1-3H3;3-7H,1-2H3;1H4. The molecule has 0 aromatic carbocycles. The Morgan fingerprint density at radius 1 is 0.800 bits per heavy atom. The highest BCUT2D eigenvalue weighted by molar-refractivity contribution is 5.14. The first-order valence-electron chi connectivity index (χ1n) is 6.84. The van der Waals surface area contributed by atoms with E-state index < -0.39 is 0 Å². The normalized spacial score (nSPS) is 9.75. The summed E-state index contributed by atoms with van der Waals surface area (Å²) in [7, 11) is 0. The van der Waals surface area contributed by atoms with Crippen molar-refractivity contribution in [3.63, 3.8) is 0 Å². The van der Waals surface area contributed by atoms with E-state index in [2.05, 4.69) is 56.7 Å². The van der Waals surface area contributed by atoms with Crippen LogP contribution in [0.3, 0.4) is 0 Å². The zero-order valence-electron chi connectivity index (χ0n) is 12.6. The Kier molecular flexibility index (Phi) is 8.46. The van der Waals surface area contributed by atoms with Crippen molar-refractivity contribution < 1.29 is 0 Å². The second-order valence-corrected chi connectivity index (χ2v) is 5.32. The van der Waals surface area contributed by atoms with E-state index in [1.165, 1.54) is 11.3 Å². The van der Waals surface area contributed by atoms with Crippen LogP contribution in [-0.2, 0) is 0 Å². The summed E-state index contributed by atoms with van der Waals surface area (Å²) in [6.07, 6.45) is 3.74. The van der Waals surface area contributed by atoms with Crippen molar-refractivity contribution in [3.05, 3.63) is 59.7 Å². The van der Waals surface area contributed by atoms with Gasteiger partial charge < -0.3 is 0 Å². The first-order chi connectivity index (χ1) is 9.00. The van der Waals surface area contributed by atoms with Gasteiger partial charge in [-0.3, -0.25) is 9.97 Å². The lowest BCUT2D eigenvalue weighted by atomic mass is 10.1. The fourth-order valence-corrected chi connectivity index (χ4v) is 1.54. The Bertz CT molecular complexity index is 459. The van der Waals surface area contributed by atoms with Crippen molar-refractivity contribution in [2.24, 2.45) is 0 Å². The van der Waals surface area contributed by atoms with Gasteiger partial charge in [0, 0.05) is 23.8 Å². The van der Waals surface area contributed by atoms with Crippen LogP contribution >= 0.6 is 0 Å². The van der Waals surface area contributed by atoms with Crippen LogP contribution in [0.1, 0.15) is 63.9 Å². The van der Waals surface area contributed by atoms with Gasteiger partial charge in [0.1, 0.15) is 0 Å². The third-order valence-corrected chi connectivity index (χ3v) is 2.81. The molecule has 0 aliphatic rings. The Morgan fingerprint density at radius 3 is 1.75 bits per heavy atom. The van der Waals surface area contributed by atoms with E-state index >= 15 is 0 Å². The molecule has 0 N–H and O–H groups in total. The Hall–Kier alpha value is -1.70. The summed E-state index contributed by atoms with van der Waals surface area (Å²) in [5.74, 6) is 1.09. The van der Waals surface area contributed by atoms with Crippen molar-refractivity contribution in [2.75, 3.05) is 0 Å². The lowest BCUT2D eigenvalue weighted by Gasteiger charge is -2.02. The van der Waals surface area contributed by atoms with Crippen LogP contribution in [0, 0.1) is 6.92 Å². The van der Waals surface area contributed by atoms with Crippen molar-refractivity contribution >= 4 is 0 Å². The van der Waals surface area contributed by atoms with Gasteiger partial charge >= 0.3 is 0 Å². The number of pyridine rings is 2. The molecule has 0 radical (unpaired) electrons. The van der Waals surface area contributed by atoms with Gasteiger partial charge in [0.2, 0.25) is 0 Å². The van der Waals surface area contributed by atoms with Crippen LogP contribution in [0.2, 0.25) is 0 Å². The number of hydrogen-bond acceptors (Lipinski definition) is 2. The van der Waals surface area contributed by atoms with Crippen LogP contribution < -0.4 is 0 Å². The van der Waals surface area contributed by atoms with Crippen molar-refractivity contribution in [2.45, 2.75) is 53.9 Å². The quantitative estimate of drug-likeness (QED) is 0.736. The molecule has 0 unspecified atom stereocenters. The predicted molar refractivity (Wildman–Crippen MR) is 88.1 cm³/mol. The van der Waals surface area contributed by atoms with Gasteiger partial charge in [-0.25, -0.2) is 0 Å². The van der Waals surface area contributed by atoms with E-state index in [-0.39, 0.29) is 7.43 Å². The summed E-state index contributed by atoms with van der Waals surface area (Å²) >= 11 is 0. The van der Waals surface area contributed by atoms with E-state index in [0.29, 0.717) is 11.8 Å². The molecule has 0 atom stereocenters. The van der Waals surface area contributed by atoms with Gasteiger partial charge in [0.15, 0.2) is 0 Å². The highest BCUT2D eigenvalue weighted by atomic mass is 14.7. The van der Waals surface area contributed by atoms with Crippen LogP contribution in [0.25, 0.3) is 0 Å². The molecule has 0 saturated heterocycles. The lowest BCUT2D eigenvalue weighted by molar-refractivity contribution is 0.821. The molecule has 0 amide bonds. The molecule has 20 heavy (non-hydrogen) atoms. The van der Waals surface area contributed by atoms with E-state index in [9.17, 15) is 0 Å². The number of rotatable bonds is 2. The van der Waals surface area contributed by atoms with Gasteiger partial charge in [0.25, 0.3) is 0 Å². The van der Waals surface area contributed by atoms with E-state index in [4.69, 9.17) is 0 Å². The number of nitrogens with zero attached hydrogens (tertiary/aromatic N) is 2. The highest BCUT2D eigenvalue weighted by Gasteiger charge is 1.97. The summed E-state index contributed by atoms with van der Waals surface area (Å²) in [6.45, 7) is 10.6.